The zero-order valence-corrected chi connectivity index (χ0v) is 9.68. The second-order valence-corrected chi connectivity index (χ2v) is 4.15. The van der Waals surface area contributed by atoms with Gasteiger partial charge in [-0.2, -0.15) is 0 Å². The monoisotopic (exact) mass is 237 g/mol. The third kappa shape index (κ3) is 2.31. The summed E-state index contributed by atoms with van der Waals surface area (Å²) < 4.78 is 0. The maximum absolute atomic E-state index is 6.01. The number of pyridine rings is 1. The van der Waals surface area contributed by atoms with E-state index in [-0.39, 0.29) is 0 Å². The first-order valence-electron chi connectivity index (χ1n) is 4.55. The van der Waals surface area contributed by atoms with Gasteiger partial charge in [0, 0.05) is 16.8 Å². The van der Waals surface area contributed by atoms with Crippen LogP contribution in [0.4, 0.5) is 0 Å². The second kappa shape index (κ2) is 4.21. The molecule has 2 aromatic rings. The minimum absolute atomic E-state index is 0.674. The smallest absolute Gasteiger partial charge is 0.0624 e. The molecular weight excluding hydrogens is 229 g/mol. The third-order valence-corrected chi connectivity index (χ3v) is 2.80. The number of nitrogens with zero attached hydrogens (tertiary/aromatic N) is 1. The summed E-state index contributed by atoms with van der Waals surface area (Å²) in [5, 5.41) is 1.39. The molecule has 0 aliphatic heterocycles. The van der Waals surface area contributed by atoms with E-state index in [9.17, 15) is 0 Å². The van der Waals surface area contributed by atoms with Gasteiger partial charge in [0.05, 0.1) is 10.7 Å². The van der Waals surface area contributed by atoms with Crippen molar-refractivity contribution in [1.82, 2.24) is 4.98 Å². The largest absolute Gasteiger partial charge is 0.259 e. The van der Waals surface area contributed by atoms with Gasteiger partial charge < -0.3 is 0 Å². The summed E-state index contributed by atoms with van der Waals surface area (Å²) in [5.74, 6) is 0. The molecule has 0 atom stereocenters. The van der Waals surface area contributed by atoms with Crippen molar-refractivity contribution in [2.24, 2.45) is 0 Å². The van der Waals surface area contributed by atoms with E-state index in [0.717, 1.165) is 16.8 Å². The Labute approximate surface area is 98.7 Å². The third-order valence-electron chi connectivity index (χ3n) is 2.18. The number of hydrogen-bond acceptors (Lipinski definition) is 1. The molecule has 0 amide bonds. The molecule has 0 aliphatic rings. The highest BCUT2D eigenvalue weighted by Gasteiger charge is 2.02. The number of aromatic nitrogens is 1. The van der Waals surface area contributed by atoms with Crippen molar-refractivity contribution in [1.29, 1.82) is 0 Å². The maximum atomic E-state index is 6.01. The highest BCUT2D eigenvalue weighted by Crippen LogP contribution is 2.25. The van der Waals surface area contributed by atoms with E-state index in [2.05, 4.69) is 4.98 Å². The number of benzene rings is 1. The van der Waals surface area contributed by atoms with Crippen LogP contribution in [0.25, 0.3) is 11.1 Å². The standard InChI is InChI=1S/C12H9Cl2N/c1-8-12(14)6-10(7-15-8)9-3-2-4-11(13)5-9/h2-7H,1H3. The van der Waals surface area contributed by atoms with E-state index >= 15 is 0 Å². The minimum atomic E-state index is 0.674. The zero-order valence-electron chi connectivity index (χ0n) is 8.17. The second-order valence-electron chi connectivity index (χ2n) is 3.30. The van der Waals surface area contributed by atoms with Crippen molar-refractivity contribution in [2.45, 2.75) is 6.92 Å². The highest BCUT2D eigenvalue weighted by atomic mass is 35.5. The predicted molar refractivity (Wildman–Crippen MR) is 64.4 cm³/mol. The molecule has 0 unspecified atom stereocenters. The first-order valence-corrected chi connectivity index (χ1v) is 5.30. The van der Waals surface area contributed by atoms with Crippen LogP contribution in [-0.2, 0) is 0 Å². The van der Waals surface area contributed by atoms with Crippen molar-refractivity contribution in [3.05, 3.63) is 52.3 Å². The van der Waals surface area contributed by atoms with Crippen LogP contribution in [0.15, 0.2) is 36.5 Å². The van der Waals surface area contributed by atoms with Crippen LogP contribution in [0.1, 0.15) is 5.69 Å². The van der Waals surface area contributed by atoms with Crippen LogP contribution >= 0.6 is 23.2 Å². The summed E-state index contributed by atoms with van der Waals surface area (Å²) >= 11 is 11.9. The Bertz CT molecular complexity index is 495. The number of aryl methyl sites for hydroxylation is 1. The van der Waals surface area contributed by atoms with Gasteiger partial charge in [0.2, 0.25) is 0 Å². The molecule has 1 aromatic heterocycles. The Morgan fingerprint density at radius 1 is 1.07 bits per heavy atom. The van der Waals surface area contributed by atoms with Gasteiger partial charge in [-0.1, -0.05) is 35.3 Å². The molecule has 1 nitrogen and oxygen atoms in total. The highest BCUT2D eigenvalue weighted by molar-refractivity contribution is 6.31. The molecule has 15 heavy (non-hydrogen) atoms. The molecule has 0 N–H and O–H groups in total. The molecule has 0 fully saturated rings. The molecule has 0 aliphatic carbocycles. The minimum Gasteiger partial charge on any atom is -0.259 e. The summed E-state index contributed by atoms with van der Waals surface area (Å²) in [5.41, 5.74) is 2.84. The lowest BCUT2D eigenvalue weighted by atomic mass is 10.1. The predicted octanol–water partition coefficient (Wildman–Crippen LogP) is 4.36. The first-order chi connectivity index (χ1) is 7.16. The summed E-state index contributed by atoms with van der Waals surface area (Å²) in [6, 6.07) is 9.52. The molecular formula is C12H9Cl2N. The molecule has 76 valence electrons. The lowest BCUT2D eigenvalue weighted by molar-refractivity contribution is 1.20. The molecule has 2 rings (SSSR count). The zero-order chi connectivity index (χ0) is 10.8. The van der Waals surface area contributed by atoms with Gasteiger partial charge in [-0.15, -0.1) is 0 Å². The molecule has 1 aromatic carbocycles. The van der Waals surface area contributed by atoms with Gasteiger partial charge in [-0.25, -0.2) is 0 Å². The first kappa shape index (κ1) is 10.5. The van der Waals surface area contributed by atoms with Crippen molar-refractivity contribution < 1.29 is 0 Å². The van der Waals surface area contributed by atoms with Crippen molar-refractivity contribution >= 4 is 23.2 Å². The van der Waals surface area contributed by atoms with Crippen molar-refractivity contribution in [3.8, 4) is 11.1 Å². The number of rotatable bonds is 1. The van der Waals surface area contributed by atoms with Gasteiger partial charge in [0.25, 0.3) is 0 Å². The van der Waals surface area contributed by atoms with E-state index in [1.807, 2.05) is 37.3 Å². The summed E-state index contributed by atoms with van der Waals surface area (Å²) in [6.07, 6.45) is 1.80. The Balaban J connectivity index is 2.50. The molecule has 0 radical (unpaired) electrons. The van der Waals surface area contributed by atoms with Gasteiger partial charge in [-0.05, 0) is 30.7 Å². The van der Waals surface area contributed by atoms with E-state index < -0.39 is 0 Å². The van der Waals surface area contributed by atoms with Crippen molar-refractivity contribution in [3.63, 3.8) is 0 Å². The lowest BCUT2D eigenvalue weighted by Gasteiger charge is -2.03. The van der Waals surface area contributed by atoms with Crippen LogP contribution in [0.3, 0.4) is 0 Å². The maximum Gasteiger partial charge on any atom is 0.0624 e. The van der Waals surface area contributed by atoms with Gasteiger partial charge in [0.15, 0.2) is 0 Å². The Morgan fingerprint density at radius 2 is 1.87 bits per heavy atom. The van der Waals surface area contributed by atoms with E-state index in [0.29, 0.717) is 10.0 Å². The quantitative estimate of drug-likeness (QED) is 0.719. The molecule has 0 saturated carbocycles. The average Bonchev–Trinajstić information content (AvgIpc) is 2.22. The van der Waals surface area contributed by atoms with Crippen LogP contribution in [-0.4, -0.2) is 4.98 Å². The lowest BCUT2D eigenvalue weighted by Crippen LogP contribution is -1.85. The summed E-state index contributed by atoms with van der Waals surface area (Å²) in [6.45, 7) is 1.88. The molecule has 1 heterocycles. The fraction of sp³-hybridized carbons (Fsp3) is 0.0833. The van der Waals surface area contributed by atoms with E-state index in [1.165, 1.54) is 0 Å². The molecule has 0 spiro atoms. The summed E-state index contributed by atoms with van der Waals surface area (Å²) in [7, 11) is 0. The normalized spacial score (nSPS) is 10.3. The van der Waals surface area contributed by atoms with Gasteiger partial charge in [-0.3, -0.25) is 4.98 Å². The Hall–Kier alpha value is -1.05. The Kier molecular flexibility index (Phi) is 2.94. The summed E-state index contributed by atoms with van der Waals surface area (Å²) in [4.78, 5) is 4.21. The van der Waals surface area contributed by atoms with Gasteiger partial charge in [0.1, 0.15) is 0 Å². The molecule has 0 bridgehead atoms. The van der Waals surface area contributed by atoms with E-state index in [1.54, 1.807) is 6.20 Å². The van der Waals surface area contributed by atoms with E-state index in [4.69, 9.17) is 23.2 Å². The molecule has 0 saturated heterocycles. The van der Waals surface area contributed by atoms with Gasteiger partial charge >= 0.3 is 0 Å². The fourth-order valence-corrected chi connectivity index (χ4v) is 1.69. The van der Waals surface area contributed by atoms with Crippen molar-refractivity contribution in [2.75, 3.05) is 0 Å². The SMILES string of the molecule is Cc1ncc(-c2cccc(Cl)c2)cc1Cl. The fourth-order valence-electron chi connectivity index (χ4n) is 1.33. The van der Waals surface area contributed by atoms with Crippen LogP contribution in [0, 0.1) is 6.92 Å². The van der Waals surface area contributed by atoms with Crippen LogP contribution < -0.4 is 0 Å². The average molecular weight is 238 g/mol. The molecule has 3 heteroatoms. The number of hydrogen-bond donors (Lipinski definition) is 0. The Morgan fingerprint density at radius 3 is 2.53 bits per heavy atom. The topological polar surface area (TPSA) is 12.9 Å². The van der Waals surface area contributed by atoms with Crippen LogP contribution in [0.5, 0.6) is 0 Å². The van der Waals surface area contributed by atoms with Crippen LogP contribution in [0.2, 0.25) is 10.0 Å². The number of halogens is 2.